The Hall–Kier alpha value is -0.275. The van der Waals surface area contributed by atoms with Gasteiger partial charge in [-0.05, 0) is 12.8 Å². The molecule has 0 aliphatic heterocycles. The normalized spacial score (nSPS) is 9.00. The Bertz CT molecular complexity index is 66.1. The van der Waals surface area contributed by atoms with Gasteiger partial charge in [-0.15, -0.1) is 6.58 Å². The van der Waals surface area contributed by atoms with Gasteiger partial charge < -0.3 is 9.31 Å². The Labute approximate surface area is 57.2 Å². The summed E-state index contributed by atoms with van der Waals surface area (Å²) < 4.78 is 9.69. The van der Waals surface area contributed by atoms with Gasteiger partial charge in [0.15, 0.2) is 0 Å². The fourth-order valence-electron chi connectivity index (χ4n) is 0.472. The van der Waals surface area contributed by atoms with E-state index in [1.165, 1.54) is 0 Å². The highest BCUT2D eigenvalue weighted by Crippen LogP contribution is 1.88. The van der Waals surface area contributed by atoms with Crippen LogP contribution in [0, 0.1) is 0 Å². The van der Waals surface area contributed by atoms with Crippen LogP contribution in [0.1, 0.15) is 12.8 Å². The first-order valence-electron chi connectivity index (χ1n) is 3.09. The van der Waals surface area contributed by atoms with E-state index in [0.29, 0.717) is 7.69 Å². The van der Waals surface area contributed by atoms with Crippen molar-refractivity contribution in [2.24, 2.45) is 0 Å². The lowest BCUT2D eigenvalue weighted by Gasteiger charge is -1.97. The Kier molecular flexibility index (Phi) is 7.49. The van der Waals surface area contributed by atoms with Crippen LogP contribution in [0.2, 0.25) is 0 Å². The second kappa shape index (κ2) is 7.72. The summed E-state index contributed by atoms with van der Waals surface area (Å²) in [6.45, 7) is 4.36. The minimum absolute atomic E-state index is 0.400. The molecule has 0 N–H and O–H groups in total. The van der Waals surface area contributed by atoms with Crippen molar-refractivity contribution in [3.63, 3.8) is 0 Å². The molecule has 0 bridgehead atoms. The third-order valence-electron chi connectivity index (χ3n) is 0.898. The Morgan fingerprint density at radius 1 is 1.67 bits per heavy atom. The third-order valence-corrected chi connectivity index (χ3v) is 0.898. The lowest BCUT2D eigenvalue weighted by molar-refractivity contribution is 0.253. The molecule has 0 saturated carbocycles. The molecule has 52 valence electrons. The van der Waals surface area contributed by atoms with Crippen LogP contribution >= 0.6 is 0 Å². The van der Waals surface area contributed by atoms with Crippen LogP contribution in [-0.4, -0.2) is 21.4 Å². The van der Waals surface area contributed by atoms with E-state index in [1.54, 1.807) is 7.11 Å². The first-order chi connectivity index (χ1) is 4.41. The second-order valence-corrected chi connectivity index (χ2v) is 1.75. The maximum Gasteiger partial charge on any atom is 0.437 e. The van der Waals surface area contributed by atoms with Crippen molar-refractivity contribution < 1.29 is 9.31 Å². The molecule has 0 aromatic rings. The Balaban J connectivity index is 2.66. The first-order valence-corrected chi connectivity index (χ1v) is 3.09. The number of hydrogen-bond donors (Lipinski definition) is 0. The Morgan fingerprint density at radius 3 is 3.00 bits per heavy atom. The van der Waals surface area contributed by atoms with Crippen molar-refractivity contribution in [1.29, 1.82) is 0 Å². The van der Waals surface area contributed by atoms with Crippen molar-refractivity contribution in [3.8, 4) is 0 Å². The smallest absolute Gasteiger partial charge is 0.417 e. The van der Waals surface area contributed by atoms with Crippen LogP contribution in [-0.2, 0) is 9.31 Å². The van der Waals surface area contributed by atoms with E-state index in [2.05, 4.69) is 11.2 Å². The van der Waals surface area contributed by atoms with Gasteiger partial charge in [-0.1, -0.05) is 6.08 Å². The van der Waals surface area contributed by atoms with E-state index in [4.69, 9.17) is 4.65 Å². The van der Waals surface area contributed by atoms with Gasteiger partial charge in [0, 0.05) is 13.7 Å². The molecule has 0 unspecified atom stereocenters. The van der Waals surface area contributed by atoms with Crippen LogP contribution in [0.25, 0.3) is 0 Å². The van der Waals surface area contributed by atoms with E-state index in [0.717, 1.165) is 19.4 Å². The van der Waals surface area contributed by atoms with E-state index >= 15 is 0 Å². The van der Waals surface area contributed by atoms with Crippen LogP contribution in [0.5, 0.6) is 0 Å². The predicted molar refractivity (Wildman–Crippen MR) is 39.5 cm³/mol. The average molecular weight is 128 g/mol. The molecule has 0 aliphatic carbocycles. The van der Waals surface area contributed by atoms with Crippen LogP contribution in [0.3, 0.4) is 0 Å². The van der Waals surface area contributed by atoms with Gasteiger partial charge in [-0.25, -0.2) is 0 Å². The highest BCUT2D eigenvalue weighted by Gasteiger charge is 1.86. The van der Waals surface area contributed by atoms with E-state index in [1.807, 2.05) is 6.08 Å². The monoisotopic (exact) mass is 128 g/mol. The molecule has 0 saturated heterocycles. The summed E-state index contributed by atoms with van der Waals surface area (Å²) in [5.74, 6) is 0. The number of unbranched alkanes of at least 4 members (excludes halogenated alkanes) is 1. The summed E-state index contributed by atoms with van der Waals surface area (Å²) in [5.41, 5.74) is 0. The number of hydrogen-bond acceptors (Lipinski definition) is 2. The highest BCUT2D eigenvalue weighted by atomic mass is 16.6. The molecule has 0 radical (unpaired) electrons. The summed E-state index contributed by atoms with van der Waals surface area (Å²) in [6, 6.07) is 0. The lowest BCUT2D eigenvalue weighted by Crippen LogP contribution is -2.01. The molecule has 9 heavy (non-hydrogen) atoms. The van der Waals surface area contributed by atoms with Crippen molar-refractivity contribution in [2.75, 3.05) is 13.7 Å². The number of allylic oxidation sites excluding steroid dienone is 1. The zero-order valence-electron chi connectivity index (χ0n) is 5.93. The second-order valence-electron chi connectivity index (χ2n) is 1.75. The van der Waals surface area contributed by atoms with Crippen molar-refractivity contribution in [1.82, 2.24) is 0 Å². The van der Waals surface area contributed by atoms with Gasteiger partial charge in [-0.2, -0.15) is 0 Å². The topological polar surface area (TPSA) is 18.5 Å². The fraction of sp³-hybridized carbons (Fsp3) is 0.667. The van der Waals surface area contributed by atoms with Gasteiger partial charge in [0.1, 0.15) is 0 Å². The quantitative estimate of drug-likeness (QED) is 0.300. The maximum atomic E-state index is 5.01. The summed E-state index contributed by atoms with van der Waals surface area (Å²) in [7, 11) is 2.02. The Morgan fingerprint density at radius 2 is 2.44 bits per heavy atom. The van der Waals surface area contributed by atoms with Crippen molar-refractivity contribution in [2.45, 2.75) is 12.8 Å². The summed E-state index contributed by atoms with van der Waals surface area (Å²) in [6.07, 6.45) is 3.94. The molecular formula is C6H13BO2. The van der Waals surface area contributed by atoms with Crippen molar-refractivity contribution in [3.05, 3.63) is 12.7 Å². The molecule has 0 amide bonds. The molecule has 0 spiro atoms. The van der Waals surface area contributed by atoms with Crippen molar-refractivity contribution >= 4 is 7.69 Å². The summed E-state index contributed by atoms with van der Waals surface area (Å²) in [5, 5.41) is 0. The molecule has 0 atom stereocenters. The molecule has 2 nitrogen and oxygen atoms in total. The number of rotatable bonds is 6. The summed E-state index contributed by atoms with van der Waals surface area (Å²) >= 11 is 0. The largest absolute Gasteiger partial charge is 0.437 e. The van der Waals surface area contributed by atoms with Gasteiger partial charge in [0.2, 0.25) is 0 Å². The SMILES string of the molecule is C=CCCCOBOC. The van der Waals surface area contributed by atoms with Crippen LogP contribution in [0.4, 0.5) is 0 Å². The van der Waals surface area contributed by atoms with Gasteiger partial charge in [0.05, 0.1) is 0 Å². The minimum atomic E-state index is 0.400. The van der Waals surface area contributed by atoms with Gasteiger partial charge in [0.25, 0.3) is 0 Å². The first kappa shape index (κ1) is 8.72. The van der Waals surface area contributed by atoms with E-state index in [9.17, 15) is 0 Å². The third kappa shape index (κ3) is 7.72. The summed E-state index contributed by atoms with van der Waals surface area (Å²) in [4.78, 5) is 0. The molecule has 0 rings (SSSR count). The minimum Gasteiger partial charge on any atom is -0.417 e. The lowest BCUT2D eigenvalue weighted by atomic mass is 10.3. The molecule has 0 aromatic carbocycles. The van der Waals surface area contributed by atoms with E-state index in [-0.39, 0.29) is 0 Å². The molecule has 0 aliphatic rings. The van der Waals surface area contributed by atoms with Crippen LogP contribution in [0.15, 0.2) is 12.7 Å². The molecule has 0 fully saturated rings. The standard InChI is InChI=1S/C6H13BO2/c1-3-4-5-6-9-7-8-2/h3,7H,1,4-6H2,2H3. The highest BCUT2D eigenvalue weighted by molar-refractivity contribution is 6.17. The fourth-order valence-corrected chi connectivity index (χ4v) is 0.472. The maximum absolute atomic E-state index is 5.01. The average Bonchev–Trinajstić information content (AvgIpc) is 1.89. The van der Waals surface area contributed by atoms with Gasteiger partial charge >= 0.3 is 7.69 Å². The van der Waals surface area contributed by atoms with E-state index < -0.39 is 0 Å². The molecule has 3 heteroatoms. The van der Waals surface area contributed by atoms with Gasteiger partial charge in [-0.3, -0.25) is 0 Å². The molecule has 0 heterocycles. The predicted octanol–water partition coefficient (Wildman–Crippen LogP) is 0.882. The molecular weight excluding hydrogens is 115 g/mol. The zero-order valence-corrected chi connectivity index (χ0v) is 5.93. The van der Waals surface area contributed by atoms with Crippen LogP contribution < -0.4 is 0 Å². The molecule has 0 aromatic heterocycles. The zero-order chi connectivity index (χ0) is 6.95.